The lowest BCUT2D eigenvalue weighted by Gasteiger charge is -2.41. The minimum Gasteiger partial charge on any atom is -0.493 e. The van der Waals surface area contributed by atoms with Crippen molar-refractivity contribution in [3.05, 3.63) is 82.9 Å². The van der Waals surface area contributed by atoms with Crippen LogP contribution < -0.4 is 19.1 Å². The van der Waals surface area contributed by atoms with Crippen LogP contribution in [0, 0.1) is 5.92 Å². The van der Waals surface area contributed by atoms with Gasteiger partial charge in [0.05, 0.1) is 68.3 Å². The summed E-state index contributed by atoms with van der Waals surface area (Å²) in [6.45, 7) is 9.06. The molecule has 2 heterocycles. The number of piperidine rings is 1. The molecule has 3 aromatic carbocycles. The number of anilines is 1. The number of amides is 1. The topological polar surface area (TPSA) is 125 Å². The summed E-state index contributed by atoms with van der Waals surface area (Å²) in [6, 6.07) is 20.9. The molecular weight excluding hydrogens is 704 g/mol. The number of carbonyl (C=O) groups excluding carboxylic acids is 2. The Morgan fingerprint density at radius 2 is 1.72 bits per heavy atom. The molecule has 0 aliphatic carbocycles. The maximum absolute atomic E-state index is 13.2. The van der Waals surface area contributed by atoms with Crippen molar-refractivity contribution in [1.82, 2.24) is 4.90 Å². The van der Waals surface area contributed by atoms with Crippen LogP contribution in [0.25, 0.3) is 0 Å². The van der Waals surface area contributed by atoms with Crippen LogP contribution in [0.15, 0.2) is 66.7 Å². The molecule has 5 rings (SSSR count). The summed E-state index contributed by atoms with van der Waals surface area (Å²) in [4.78, 5) is 29.0. The third kappa shape index (κ3) is 11.4. The largest absolute Gasteiger partial charge is 0.493 e. The first-order chi connectivity index (χ1) is 25.6. The highest BCUT2D eigenvalue weighted by molar-refractivity contribution is 6.32. The normalized spacial score (nSPS) is 18.9. The lowest BCUT2D eigenvalue weighted by Crippen LogP contribution is -2.54. The Balaban J connectivity index is 1.25. The first-order valence-electron chi connectivity index (χ1n) is 18.2. The molecule has 13 heteroatoms. The molecule has 0 radical (unpaired) electrons. The van der Waals surface area contributed by atoms with E-state index < -0.39 is 36.5 Å². The highest BCUT2D eigenvalue weighted by Crippen LogP contribution is 2.36. The van der Waals surface area contributed by atoms with Crippen molar-refractivity contribution in [1.29, 1.82) is 0 Å². The van der Waals surface area contributed by atoms with Crippen LogP contribution in [-0.2, 0) is 30.3 Å². The number of ether oxygens (including phenoxy) is 7. The summed E-state index contributed by atoms with van der Waals surface area (Å²) in [7, 11) is 1.70. The number of carbonyl (C=O) groups is 2. The Kier molecular flexibility index (Phi) is 14.9. The predicted molar refractivity (Wildman–Crippen MR) is 200 cm³/mol. The van der Waals surface area contributed by atoms with Gasteiger partial charge in [0.15, 0.2) is 0 Å². The SMILES string of the molecule is COCCCN1CCOc2ccc(CO[C@H]3CN(C(=O)O[C@@H](C)OC(=O)C(C)C)C[C@@H](O)[C@@H]3c3ccc(OCCCOc4ccccc4Cl)cc3)cc21. The quantitative estimate of drug-likeness (QED) is 0.0929. The van der Waals surface area contributed by atoms with Gasteiger partial charge in [-0.25, -0.2) is 4.79 Å². The molecule has 0 bridgehead atoms. The molecule has 53 heavy (non-hydrogen) atoms. The zero-order valence-electron chi connectivity index (χ0n) is 30.9. The van der Waals surface area contributed by atoms with Crippen molar-refractivity contribution in [2.75, 3.05) is 64.6 Å². The summed E-state index contributed by atoms with van der Waals surface area (Å²) < 4.78 is 40.1. The number of fused-ring (bicyclic) bond motifs is 1. The van der Waals surface area contributed by atoms with E-state index in [0.717, 1.165) is 42.1 Å². The number of hydrogen-bond acceptors (Lipinski definition) is 11. The Hall–Kier alpha value is -4.23. The minimum atomic E-state index is -1.09. The predicted octanol–water partition coefficient (Wildman–Crippen LogP) is 6.45. The van der Waals surface area contributed by atoms with Gasteiger partial charge >= 0.3 is 12.1 Å². The van der Waals surface area contributed by atoms with Gasteiger partial charge in [0.25, 0.3) is 0 Å². The molecule has 1 fully saturated rings. The second kappa shape index (κ2) is 19.7. The molecule has 1 N–H and O–H groups in total. The number of β-amino-alcohol motifs (C(OH)–C–C–N with tert-alkyl or cyclic N) is 1. The highest BCUT2D eigenvalue weighted by Gasteiger charge is 2.40. The summed E-state index contributed by atoms with van der Waals surface area (Å²) in [5.41, 5.74) is 2.76. The third-order valence-corrected chi connectivity index (χ3v) is 9.35. The zero-order valence-corrected chi connectivity index (χ0v) is 31.7. The maximum atomic E-state index is 13.2. The fourth-order valence-corrected chi connectivity index (χ4v) is 6.49. The van der Waals surface area contributed by atoms with Crippen molar-refractivity contribution in [2.24, 2.45) is 5.92 Å². The second-order valence-electron chi connectivity index (χ2n) is 13.4. The third-order valence-electron chi connectivity index (χ3n) is 9.04. The average Bonchev–Trinajstić information content (AvgIpc) is 3.14. The lowest BCUT2D eigenvalue weighted by molar-refractivity contribution is -0.171. The molecular formula is C40H51ClN2O10. The van der Waals surface area contributed by atoms with Crippen molar-refractivity contribution in [2.45, 2.75) is 64.6 Å². The molecule has 1 saturated heterocycles. The molecule has 0 aromatic heterocycles. The van der Waals surface area contributed by atoms with Crippen LogP contribution in [0.2, 0.25) is 5.02 Å². The van der Waals surface area contributed by atoms with E-state index in [0.29, 0.717) is 49.4 Å². The molecule has 2 aliphatic heterocycles. The van der Waals surface area contributed by atoms with Gasteiger partial charge in [-0.3, -0.25) is 4.79 Å². The van der Waals surface area contributed by atoms with Crippen molar-refractivity contribution >= 4 is 29.4 Å². The number of aliphatic hydroxyl groups excluding tert-OH is 1. The first-order valence-corrected chi connectivity index (χ1v) is 18.6. The Morgan fingerprint density at radius 1 is 0.943 bits per heavy atom. The lowest BCUT2D eigenvalue weighted by atomic mass is 9.84. The van der Waals surface area contributed by atoms with E-state index in [1.165, 1.54) is 11.8 Å². The number of methoxy groups -OCH3 is 1. The van der Waals surface area contributed by atoms with Gasteiger partial charge in [0, 0.05) is 39.5 Å². The van der Waals surface area contributed by atoms with Crippen LogP contribution in [0.3, 0.4) is 0 Å². The smallest absolute Gasteiger partial charge is 0.413 e. The van der Waals surface area contributed by atoms with E-state index in [-0.39, 0.29) is 25.6 Å². The monoisotopic (exact) mass is 754 g/mol. The van der Waals surface area contributed by atoms with Gasteiger partial charge in [-0.2, -0.15) is 0 Å². The van der Waals surface area contributed by atoms with Gasteiger partial charge in [-0.15, -0.1) is 0 Å². The van der Waals surface area contributed by atoms with Crippen molar-refractivity contribution in [3.8, 4) is 17.2 Å². The molecule has 0 unspecified atom stereocenters. The Morgan fingerprint density at radius 3 is 2.47 bits per heavy atom. The fourth-order valence-electron chi connectivity index (χ4n) is 6.30. The molecule has 1 amide bonds. The van der Waals surface area contributed by atoms with Crippen LogP contribution >= 0.6 is 11.6 Å². The number of para-hydroxylation sites is 1. The summed E-state index contributed by atoms with van der Waals surface area (Å²) in [5.74, 6) is 0.827. The Labute approximate surface area is 316 Å². The number of aliphatic hydroxyl groups is 1. The number of rotatable bonds is 17. The number of hydrogen-bond donors (Lipinski definition) is 1. The standard InChI is InChI=1S/C40H51ClN2O10/c1-27(2)39(45)52-28(3)53-40(46)43-24-34(44)38(30-12-14-31(15-13-30)48-20-8-21-49-35-10-6-5-9-32(35)41)37(25-43)51-26-29-11-16-36-33(23-29)42(18-22-50-36)17-7-19-47-4/h5-6,9-16,23,27-28,34,37-38,44H,7-8,17-22,24-26H2,1-4H3/t28-,34+,37-,38-/m0/s1. The molecule has 3 aromatic rings. The molecule has 4 atom stereocenters. The molecule has 0 spiro atoms. The summed E-state index contributed by atoms with van der Waals surface area (Å²) in [6.07, 6.45) is -1.83. The van der Waals surface area contributed by atoms with E-state index in [2.05, 4.69) is 11.0 Å². The van der Waals surface area contributed by atoms with Crippen molar-refractivity contribution in [3.63, 3.8) is 0 Å². The van der Waals surface area contributed by atoms with Gasteiger partial charge < -0.3 is 48.1 Å². The molecule has 0 saturated carbocycles. The number of halogens is 1. The van der Waals surface area contributed by atoms with Crippen LogP contribution in [0.1, 0.15) is 50.7 Å². The van der Waals surface area contributed by atoms with E-state index in [9.17, 15) is 14.7 Å². The second-order valence-corrected chi connectivity index (χ2v) is 13.8. The first kappa shape index (κ1) is 40.0. The average molecular weight is 755 g/mol. The molecule has 288 valence electrons. The van der Waals surface area contributed by atoms with Gasteiger partial charge in [-0.1, -0.05) is 55.8 Å². The maximum Gasteiger partial charge on any atom is 0.413 e. The number of nitrogens with zero attached hydrogens (tertiary/aromatic N) is 2. The molecule has 12 nitrogen and oxygen atoms in total. The summed E-state index contributed by atoms with van der Waals surface area (Å²) >= 11 is 6.17. The van der Waals surface area contributed by atoms with Crippen LogP contribution in [0.5, 0.6) is 17.2 Å². The van der Waals surface area contributed by atoms with E-state index >= 15 is 0 Å². The number of likely N-dealkylation sites (tertiary alicyclic amines) is 1. The highest BCUT2D eigenvalue weighted by atomic mass is 35.5. The van der Waals surface area contributed by atoms with Gasteiger partial charge in [0.1, 0.15) is 23.9 Å². The van der Waals surface area contributed by atoms with Gasteiger partial charge in [0.2, 0.25) is 6.29 Å². The van der Waals surface area contributed by atoms with E-state index in [1.54, 1.807) is 27.0 Å². The fraction of sp³-hybridized carbons (Fsp3) is 0.500. The number of esters is 1. The van der Waals surface area contributed by atoms with Crippen molar-refractivity contribution < 1.29 is 47.9 Å². The molecule has 2 aliphatic rings. The van der Waals surface area contributed by atoms with Crippen LogP contribution in [0.4, 0.5) is 10.5 Å². The van der Waals surface area contributed by atoms with Gasteiger partial charge in [-0.05, 0) is 53.9 Å². The zero-order chi connectivity index (χ0) is 37.7. The number of benzene rings is 3. The van der Waals surface area contributed by atoms with E-state index in [4.69, 9.17) is 44.8 Å². The summed E-state index contributed by atoms with van der Waals surface area (Å²) in [5, 5.41) is 12.1. The van der Waals surface area contributed by atoms with Crippen LogP contribution in [-0.4, -0.2) is 100 Å². The minimum absolute atomic E-state index is 0.00447. The Bertz CT molecular complexity index is 1620. The van der Waals surface area contributed by atoms with E-state index in [1.807, 2.05) is 54.6 Å².